The molecule has 0 saturated carbocycles. The Morgan fingerprint density at radius 3 is 2.52 bits per heavy atom. The zero-order valence-corrected chi connectivity index (χ0v) is 12.1. The maximum absolute atomic E-state index is 12.4. The van der Waals surface area contributed by atoms with E-state index in [0.717, 1.165) is 38.4 Å². The number of amides is 1. The second-order valence-corrected chi connectivity index (χ2v) is 5.07. The number of nitrogens with zero attached hydrogens (tertiary/aromatic N) is 5. The number of hydrogen-bond donors (Lipinski definition) is 0. The van der Waals surface area contributed by atoms with E-state index in [1.165, 1.54) is 0 Å². The van der Waals surface area contributed by atoms with Crippen molar-refractivity contribution in [2.75, 3.05) is 32.7 Å². The van der Waals surface area contributed by atoms with Gasteiger partial charge in [-0.25, -0.2) is 9.67 Å². The van der Waals surface area contributed by atoms with Gasteiger partial charge in [0.1, 0.15) is 6.33 Å². The molecule has 0 spiro atoms. The third-order valence-corrected chi connectivity index (χ3v) is 3.81. The second kappa shape index (κ2) is 6.05. The van der Waals surface area contributed by atoms with Gasteiger partial charge in [0.2, 0.25) is 5.82 Å². The van der Waals surface area contributed by atoms with Crippen molar-refractivity contribution in [3.05, 3.63) is 42.5 Å². The van der Waals surface area contributed by atoms with Crippen molar-refractivity contribution in [1.29, 1.82) is 0 Å². The van der Waals surface area contributed by atoms with E-state index in [2.05, 4.69) is 21.9 Å². The molecule has 1 aromatic carbocycles. The number of piperazine rings is 1. The van der Waals surface area contributed by atoms with Crippen LogP contribution in [-0.4, -0.2) is 63.2 Å². The summed E-state index contributed by atoms with van der Waals surface area (Å²) in [5.74, 6) is 0.184. The van der Waals surface area contributed by atoms with E-state index < -0.39 is 0 Å². The van der Waals surface area contributed by atoms with E-state index in [1.807, 2.05) is 35.2 Å². The number of likely N-dealkylation sites (N-methyl/N-ethyl adjacent to an activating group) is 1. The minimum absolute atomic E-state index is 0.0829. The van der Waals surface area contributed by atoms with Crippen LogP contribution in [0.2, 0.25) is 0 Å². The number of para-hydroxylation sites is 1. The van der Waals surface area contributed by atoms with Crippen LogP contribution in [-0.2, 0) is 0 Å². The third kappa shape index (κ3) is 2.95. The molecule has 110 valence electrons. The van der Waals surface area contributed by atoms with E-state index in [9.17, 15) is 4.79 Å². The first kappa shape index (κ1) is 13.8. The van der Waals surface area contributed by atoms with Crippen molar-refractivity contribution in [1.82, 2.24) is 24.6 Å². The van der Waals surface area contributed by atoms with Crippen LogP contribution in [0.5, 0.6) is 0 Å². The Hall–Kier alpha value is -2.21. The van der Waals surface area contributed by atoms with Gasteiger partial charge in [-0.1, -0.05) is 25.1 Å². The standard InChI is InChI=1S/C15H19N5O/c1-2-18-8-10-19(11-9-18)15(21)14-16-12-20(17-14)13-6-4-3-5-7-13/h3-7,12H,2,8-11H2,1H3. The quantitative estimate of drug-likeness (QED) is 0.845. The molecule has 0 atom stereocenters. The molecule has 0 aliphatic carbocycles. The SMILES string of the molecule is CCN1CCN(C(=O)c2ncn(-c3ccccc3)n2)CC1. The van der Waals surface area contributed by atoms with Crippen LogP contribution in [0.3, 0.4) is 0 Å². The predicted octanol–water partition coefficient (Wildman–Crippen LogP) is 1.04. The highest BCUT2D eigenvalue weighted by Crippen LogP contribution is 2.08. The maximum atomic E-state index is 12.4. The Morgan fingerprint density at radius 2 is 1.86 bits per heavy atom. The van der Waals surface area contributed by atoms with Gasteiger partial charge in [-0.15, -0.1) is 5.10 Å². The number of rotatable bonds is 3. The van der Waals surface area contributed by atoms with Gasteiger partial charge in [0.15, 0.2) is 0 Å². The topological polar surface area (TPSA) is 54.3 Å². The van der Waals surface area contributed by atoms with Crippen molar-refractivity contribution in [2.24, 2.45) is 0 Å². The first-order valence-corrected chi connectivity index (χ1v) is 7.26. The van der Waals surface area contributed by atoms with Crippen LogP contribution in [0.4, 0.5) is 0 Å². The minimum Gasteiger partial charge on any atom is -0.333 e. The summed E-state index contributed by atoms with van der Waals surface area (Å²) >= 11 is 0. The molecule has 1 aromatic heterocycles. The number of carbonyl (C=O) groups excluding carboxylic acids is 1. The summed E-state index contributed by atoms with van der Waals surface area (Å²) in [6.07, 6.45) is 1.59. The summed E-state index contributed by atoms with van der Waals surface area (Å²) in [5.41, 5.74) is 0.903. The first-order chi connectivity index (χ1) is 10.3. The highest BCUT2D eigenvalue weighted by Gasteiger charge is 2.24. The lowest BCUT2D eigenvalue weighted by Crippen LogP contribution is -2.48. The Morgan fingerprint density at radius 1 is 1.14 bits per heavy atom. The molecule has 0 unspecified atom stereocenters. The van der Waals surface area contributed by atoms with E-state index in [1.54, 1.807) is 11.0 Å². The number of benzene rings is 1. The van der Waals surface area contributed by atoms with E-state index >= 15 is 0 Å². The zero-order chi connectivity index (χ0) is 14.7. The van der Waals surface area contributed by atoms with E-state index in [0.29, 0.717) is 0 Å². The number of aromatic nitrogens is 3. The molecule has 6 nitrogen and oxygen atoms in total. The molecule has 3 rings (SSSR count). The summed E-state index contributed by atoms with van der Waals surface area (Å²) in [5, 5.41) is 4.30. The molecule has 1 amide bonds. The van der Waals surface area contributed by atoms with Crippen LogP contribution in [0.1, 0.15) is 17.5 Å². The molecular weight excluding hydrogens is 266 g/mol. The molecule has 1 aliphatic heterocycles. The molecule has 1 aliphatic rings. The molecular formula is C15H19N5O. The van der Waals surface area contributed by atoms with Crippen molar-refractivity contribution < 1.29 is 4.79 Å². The summed E-state index contributed by atoms with van der Waals surface area (Å²) in [4.78, 5) is 20.7. The monoisotopic (exact) mass is 285 g/mol. The van der Waals surface area contributed by atoms with Gasteiger partial charge in [0.25, 0.3) is 5.91 Å². The molecule has 1 saturated heterocycles. The van der Waals surface area contributed by atoms with Gasteiger partial charge in [-0.05, 0) is 18.7 Å². The van der Waals surface area contributed by atoms with Crippen LogP contribution >= 0.6 is 0 Å². The van der Waals surface area contributed by atoms with Crippen LogP contribution in [0.25, 0.3) is 5.69 Å². The van der Waals surface area contributed by atoms with Gasteiger partial charge in [0, 0.05) is 26.2 Å². The van der Waals surface area contributed by atoms with Gasteiger partial charge < -0.3 is 9.80 Å². The molecule has 6 heteroatoms. The van der Waals surface area contributed by atoms with Crippen molar-refractivity contribution in [3.8, 4) is 5.69 Å². The van der Waals surface area contributed by atoms with Crippen molar-refractivity contribution >= 4 is 5.91 Å². The maximum Gasteiger partial charge on any atom is 0.293 e. The van der Waals surface area contributed by atoms with Gasteiger partial charge in [0.05, 0.1) is 5.69 Å². The molecule has 2 aromatic rings. The van der Waals surface area contributed by atoms with Crippen molar-refractivity contribution in [2.45, 2.75) is 6.92 Å². The Bertz CT molecular complexity index is 602. The minimum atomic E-state index is -0.0829. The molecule has 0 bridgehead atoms. The lowest BCUT2D eigenvalue weighted by atomic mass is 10.3. The lowest BCUT2D eigenvalue weighted by molar-refractivity contribution is 0.0631. The summed E-state index contributed by atoms with van der Waals surface area (Å²) in [7, 11) is 0. The molecule has 1 fully saturated rings. The zero-order valence-electron chi connectivity index (χ0n) is 12.1. The van der Waals surface area contributed by atoms with E-state index in [4.69, 9.17) is 0 Å². The van der Waals surface area contributed by atoms with E-state index in [-0.39, 0.29) is 11.7 Å². The third-order valence-electron chi connectivity index (χ3n) is 3.81. The van der Waals surface area contributed by atoms with Gasteiger partial charge >= 0.3 is 0 Å². The second-order valence-electron chi connectivity index (χ2n) is 5.07. The molecule has 0 radical (unpaired) electrons. The molecule has 21 heavy (non-hydrogen) atoms. The average molecular weight is 285 g/mol. The molecule has 0 N–H and O–H groups in total. The number of hydrogen-bond acceptors (Lipinski definition) is 4. The smallest absolute Gasteiger partial charge is 0.293 e. The molecule has 2 heterocycles. The van der Waals surface area contributed by atoms with Gasteiger partial charge in [-0.2, -0.15) is 0 Å². The van der Waals surface area contributed by atoms with Gasteiger partial charge in [-0.3, -0.25) is 4.79 Å². The Balaban J connectivity index is 1.70. The summed E-state index contributed by atoms with van der Waals surface area (Å²) < 4.78 is 1.63. The Labute approximate surface area is 124 Å². The highest BCUT2D eigenvalue weighted by atomic mass is 16.2. The van der Waals surface area contributed by atoms with Crippen LogP contribution in [0, 0.1) is 0 Å². The fourth-order valence-electron chi connectivity index (χ4n) is 2.47. The van der Waals surface area contributed by atoms with Crippen LogP contribution in [0.15, 0.2) is 36.7 Å². The Kier molecular flexibility index (Phi) is 3.96. The first-order valence-electron chi connectivity index (χ1n) is 7.26. The lowest BCUT2D eigenvalue weighted by Gasteiger charge is -2.33. The number of carbonyl (C=O) groups is 1. The van der Waals surface area contributed by atoms with Crippen molar-refractivity contribution in [3.63, 3.8) is 0 Å². The highest BCUT2D eigenvalue weighted by molar-refractivity contribution is 5.90. The summed E-state index contributed by atoms with van der Waals surface area (Å²) in [6, 6.07) is 9.68. The van der Waals surface area contributed by atoms with Crippen LogP contribution < -0.4 is 0 Å². The largest absolute Gasteiger partial charge is 0.333 e. The fraction of sp³-hybridized carbons (Fsp3) is 0.400. The average Bonchev–Trinajstić information content (AvgIpc) is 3.05. The predicted molar refractivity (Wildman–Crippen MR) is 79.4 cm³/mol. The normalized spacial score (nSPS) is 16.1. The fourth-order valence-corrected chi connectivity index (χ4v) is 2.47. The summed E-state index contributed by atoms with van der Waals surface area (Å²) in [6.45, 7) is 6.49.